The van der Waals surface area contributed by atoms with Gasteiger partial charge in [0.1, 0.15) is 0 Å². The average Bonchev–Trinajstić information content (AvgIpc) is 2.63. The lowest BCUT2D eigenvalue weighted by atomic mass is 10.1. The van der Waals surface area contributed by atoms with Crippen molar-refractivity contribution in [3.8, 4) is 11.5 Å². The molecule has 3 N–H and O–H groups in total. The van der Waals surface area contributed by atoms with Crippen LogP contribution in [0.1, 0.15) is 12.0 Å². The molecule has 2 amide bonds. The molecular weight excluding hydrogens is 248 g/mol. The molecule has 6 heteroatoms. The number of amides is 2. The van der Waals surface area contributed by atoms with E-state index < -0.39 is 11.8 Å². The van der Waals surface area contributed by atoms with Gasteiger partial charge in [-0.1, -0.05) is 6.07 Å². The van der Waals surface area contributed by atoms with E-state index in [0.29, 0.717) is 26.2 Å². The second kappa shape index (κ2) is 6.08. The van der Waals surface area contributed by atoms with E-state index >= 15 is 0 Å². The summed E-state index contributed by atoms with van der Waals surface area (Å²) in [5.41, 5.74) is 5.83. The summed E-state index contributed by atoms with van der Waals surface area (Å²) in [6, 6.07) is 5.65. The Morgan fingerprint density at radius 2 is 1.95 bits per heavy atom. The van der Waals surface area contributed by atoms with Gasteiger partial charge in [0.25, 0.3) is 0 Å². The summed E-state index contributed by atoms with van der Waals surface area (Å²) in [6.45, 7) is 1.64. The predicted molar refractivity (Wildman–Crippen MR) is 68.0 cm³/mol. The quantitative estimate of drug-likeness (QED) is 0.751. The highest BCUT2D eigenvalue weighted by molar-refractivity contribution is 6.34. The summed E-state index contributed by atoms with van der Waals surface area (Å²) in [6.07, 6.45) is 1.45. The van der Waals surface area contributed by atoms with E-state index in [1.165, 1.54) is 0 Å². The Hall–Kier alpha value is -2.24. The molecule has 19 heavy (non-hydrogen) atoms. The van der Waals surface area contributed by atoms with Crippen LogP contribution in [0.3, 0.4) is 0 Å². The fourth-order valence-corrected chi connectivity index (χ4v) is 1.77. The molecule has 1 aromatic rings. The Bertz CT molecular complexity index is 488. The highest BCUT2D eigenvalue weighted by Crippen LogP contribution is 2.30. The second-order valence-corrected chi connectivity index (χ2v) is 4.20. The van der Waals surface area contributed by atoms with Crippen molar-refractivity contribution in [3.63, 3.8) is 0 Å². The first-order valence-electron chi connectivity index (χ1n) is 6.13. The number of primary amides is 1. The van der Waals surface area contributed by atoms with Crippen molar-refractivity contribution in [1.82, 2.24) is 5.32 Å². The molecule has 0 saturated heterocycles. The van der Waals surface area contributed by atoms with Gasteiger partial charge in [-0.2, -0.15) is 0 Å². The molecule has 0 saturated carbocycles. The molecule has 1 aromatic carbocycles. The van der Waals surface area contributed by atoms with Crippen LogP contribution in [0.25, 0.3) is 0 Å². The highest BCUT2D eigenvalue weighted by atomic mass is 16.5. The van der Waals surface area contributed by atoms with E-state index in [1.807, 2.05) is 18.2 Å². The summed E-state index contributed by atoms with van der Waals surface area (Å²) < 4.78 is 11.1. The molecule has 2 rings (SSSR count). The summed E-state index contributed by atoms with van der Waals surface area (Å²) in [5.74, 6) is -0.286. The molecule has 0 aromatic heterocycles. The number of fused-ring (bicyclic) bond motifs is 1. The van der Waals surface area contributed by atoms with Gasteiger partial charge in [0.05, 0.1) is 13.2 Å². The molecule has 1 aliphatic rings. The zero-order chi connectivity index (χ0) is 13.7. The SMILES string of the molecule is NC(=O)C(=O)NCCc1ccc2c(c1)OCCCO2. The maximum absolute atomic E-state index is 11.0. The Kier molecular flexibility index (Phi) is 4.22. The van der Waals surface area contributed by atoms with Gasteiger partial charge in [0.15, 0.2) is 11.5 Å². The first kappa shape index (κ1) is 13.2. The number of rotatable bonds is 3. The van der Waals surface area contributed by atoms with E-state index in [0.717, 1.165) is 23.5 Å². The van der Waals surface area contributed by atoms with Crippen molar-refractivity contribution in [2.45, 2.75) is 12.8 Å². The topological polar surface area (TPSA) is 90.7 Å². The Labute approximate surface area is 110 Å². The maximum atomic E-state index is 11.0. The number of benzene rings is 1. The molecule has 0 bridgehead atoms. The van der Waals surface area contributed by atoms with Gasteiger partial charge in [-0.3, -0.25) is 9.59 Å². The Morgan fingerprint density at radius 3 is 2.68 bits per heavy atom. The van der Waals surface area contributed by atoms with Crippen molar-refractivity contribution in [1.29, 1.82) is 0 Å². The zero-order valence-electron chi connectivity index (χ0n) is 10.5. The van der Waals surface area contributed by atoms with E-state index in [1.54, 1.807) is 0 Å². The maximum Gasteiger partial charge on any atom is 0.309 e. The first-order chi connectivity index (χ1) is 9.16. The van der Waals surface area contributed by atoms with Crippen molar-refractivity contribution >= 4 is 11.8 Å². The molecule has 1 heterocycles. The standard InChI is InChI=1S/C13H16N2O4/c14-12(16)13(17)15-5-4-9-2-3-10-11(8-9)19-7-1-6-18-10/h2-3,8H,1,4-7H2,(H2,14,16)(H,15,17). The molecule has 0 fully saturated rings. The smallest absolute Gasteiger partial charge is 0.309 e. The van der Waals surface area contributed by atoms with E-state index in [9.17, 15) is 9.59 Å². The molecule has 1 aliphatic heterocycles. The van der Waals surface area contributed by atoms with Crippen LogP contribution in [0.5, 0.6) is 11.5 Å². The molecule has 102 valence electrons. The second-order valence-electron chi connectivity index (χ2n) is 4.20. The van der Waals surface area contributed by atoms with Gasteiger partial charge in [0.2, 0.25) is 0 Å². The van der Waals surface area contributed by atoms with Gasteiger partial charge >= 0.3 is 11.8 Å². The Balaban J connectivity index is 1.93. The first-order valence-corrected chi connectivity index (χ1v) is 6.13. The van der Waals surface area contributed by atoms with Crippen molar-refractivity contribution in [2.24, 2.45) is 5.73 Å². The molecule has 0 unspecified atom stereocenters. The summed E-state index contributed by atoms with van der Waals surface area (Å²) in [7, 11) is 0. The number of nitrogens with two attached hydrogens (primary N) is 1. The predicted octanol–water partition coefficient (Wildman–Crippen LogP) is -0.00810. The lowest BCUT2D eigenvalue weighted by molar-refractivity contribution is -0.137. The average molecular weight is 264 g/mol. The minimum absolute atomic E-state index is 0.349. The van der Waals surface area contributed by atoms with Crippen molar-refractivity contribution < 1.29 is 19.1 Å². The molecule has 0 radical (unpaired) electrons. The Morgan fingerprint density at radius 1 is 1.21 bits per heavy atom. The zero-order valence-corrected chi connectivity index (χ0v) is 10.5. The summed E-state index contributed by atoms with van der Waals surface area (Å²) in [5, 5.41) is 2.44. The van der Waals surface area contributed by atoms with E-state index in [2.05, 4.69) is 5.32 Å². The normalized spacial score (nSPS) is 13.5. The van der Waals surface area contributed by atoms with Gasteiger partial charge in [-0.15, -0.1) is 0 Å². The fourth-order valence-electron chi connectivity index (χ4n) is 1.77. The molecule has 0 spiro atoms. The van der Waals surface area contributed by atoms with Gasteiger partial charge in [-0.25, -0.2) is 0 Å². The van der Waals surface area contributed by atoms with Crippen LogP contribution in [-0.2, 0) is 16.0 Å². The number of carbonyl (C=O) groups is 2. The van der Waals surface area contributed by atoms with Gasteiger partial charge in [0, 0.05) is 13.0 Å². The third kappa shape index (κ3) is 3.61. The third-order valence-corrected chi connectivity index (χ3v) is 2.73. The minimum Gasteiger partial charge on any atom is -0.490 e. The van der Waals surface area contributed by atoms with Crippen LogP contribution in [0.2, 0.25) is 0 Å². The monoisotopic (exact) mass is 264 g/mol. The molecule has 0 aliphatic carbocycles. The number of nitrogens with one attached hydrogen (secondary N) is 1. The minimum atomic E-state index is -0.973. The van der Waals surface area contributed by atoms with Crippen LogP contribution in [-0.4, -0.2) is 31.6 Å². The van der Waals surface area contributed by atoms with Crippen LogP contribution >= 0.6 is 0 Å². The van der Waals surface area contributed by atoms with Crippen LogP contribution in [0.15, 0.2) is 18.2 Å². The number of hydrogen-bond donors (Lipinski definition) is 2. The van der Waals surface area contributed by atoms with Gasteiger partial charge < -0.3 is 20.5 Å². The van der Waals surface area contributed by atoms with Gasteiger partial charge in [-0.05, 0) is 24.1 Å². The van der Waals surface area contributed by atoms with Crippen LogP contribution in [0, 0.1) is 0 Å². The van der Waals surface area contributed by atoms with E-state index in [-0.39, 0.29) is 0 Å². The van der Waals surface area contributed by atoms with Crippen molar-refractivity contribution in [3.05, 3.63) is 23.8 Å². The van der Waals surface area contributed by atoms with Crippen LogP contribution in [0.4, 0.5) is 0 Å². The van der Waals surface area contributed by atoms with Crippen LogP contribution < -0.4 is 20.5 Å². The largest absolute Gasteiger partial charge is 0.490 e. The number of ether oxygens (including phenoxy) is 2. The lowest BCUT2D eigenvalue weighted by Gasteiger charge is -2.09. The lowest BCUT2D eigenvalue weighted by Crippen LogP contribution is -2.37. The summed E-state index contributed by atoms with van der Waals surface area (Å²) in [4.78, 5) is 21.5. The van der Waals surface area contributed by atoms with Crippen molar-refractivity contribution in [2.75, 3.05) is 19.8 Å². The van der Waals surface area contributed by atoms with E-state index in [4.69, 9.17) is 15.2 Å². The number of hydrogen-bond acceptors (Lipinski definition) is 4. The fraction of sp³-hybridized carbons (Fsp3) is 0.385. The summed E-state index contributed by atoms with van der Waals surface area (Å²) >= 11 is 0. The number of carbonyl (C=O) groups excluding carboxylic acids is 2. The molecular formula is C13H16N2O4. The third-order valence-electron chi connectivity index (χ3n) is 2.73. The highest BCUT2D eigenvalue weighted by Gasteiger charge is 2.11. The molecule has 0 atom stereocenters. The molecule has 6 nitrogen and oxygen atoms in total.